The maximum absolute atomic E-state index is 11.5. The van der Waals surface area contributed by atoms with Gasteiger partial charge in [-0.15, -0.1) is 0 Å². The minimum Gasteiger partial charge on any atom is -0.481 e. The molecule has 0 radical (unpaired) electrons. The van der Waals surface area contributed by atoms with Crippen LogP contribution < -0.4 is 15.6 Å². The van der Waals surface area contributed by atoms with E-state index in [-0.39, 0.29) is 6.61 Å². The number of nitrogens with one attached hydrogen (secondary N) is 2. The standard InChI is InChI=1S/C14H17ClN2O5/c1-8-4-11(15)5-9(2)14(8)22-7-13(20)21-6-12(19)17-16-10(3)18/h4-5H,6-7H2,1-3H3,(H,16,18)(H,17,19). The van der Waals surface area contributed by atoms with E-state index in [4.69, 9.17) is 21.1 Å². The fourth-order valence-corrected chi connectivity index (χ4v) is 1.97. The highest BCUT2D eigenvalue weighted by Gasteiger charge is 2.11. The molecule has 0 heterocycles. The van der Waals surface area contributed by atoms with Gasteiger partial charge >= 0.3 is 5.97 Å². The van der Waals surface area contributed by atoms with Gasteiger partial charge in [0.25, 0.3) is 5.91 Å². The van der Waals surface area contributed by atoms with Gasteiger partial charge in [0.05, 0.1) is 0 Å². The van der Waals surface area contributed by atoms with Gasteiger partial charge in [0, 0.05) is 11.9 Å². The van der Waals surface area contributed by atoms with Gasteiger partial charge in [0.15, 0.2) is 13.2 Å². The molecule has 2 amide bonds. The molecule has 8 heteroatoms. The molecule has 0 aromatic heterocycles. The smallest absolute Gasteiger partial charge is 0.344 e. The van der Waals surface area contributed by atoms with Crippen molar-refractivity contribution in [3.8, 4) is 5.75 Å². The molecule has 7 nitrogen and oxygen atoms in total. The Labute approximate surface area is 132 Å². The summed E-state index contributed by atoms with van der Waals surface area (Å²) in [4.78, 5) is 33.3. The Kier molecular flexibility index (Phi) is 6.65. The van der Waals surface area contributed by atoms with Crippen LogP contribution in [0.25, 0.3) is 0 Å². The Morgan fingerprint density at radius 2 is 1.68 bits per heavy atom. The molecule has 0 saturated carbocycles. The Bertz CT molecular complexity index is 566. The van der Waals surface area contributed by atoms with E-state index in [1.54, 1.807) is 26.0 Å². The van der Waals surface area contributed by atoms with Crippen LogP contribution in [0.2, 0.25) is 5.02 Å². The molecule has 22 heavy (non-hydrogen) atoms. The van der Waals surface area contributed by atoms with E-state index in [0.29, 0.717) is 10.8 Å². The third-order valence-corrected chi connectivity index (χ3v) is 2.72. The molecule has 0 saturated heterocycles. The van der Waals surface area contributed by atoms with Crippen molar-refractivity contribution < 1.29 is 23.9 Å². The highest BCUT2D eigenvalue weighted by atomic mass is 35.5. The normalized spacial score (nSPS) is 9.82. The molecule has 0 aliphatic heterocycles. The summed E-state index contributed by atoms with van der Waals surface area (Å²) in [6, 6.07) is 3.44. The van der Waals surface area contributed by atoms with E-state index in [0.717, 1.165) is 11.1 Å². The summed E-state index contributed by atoms with van der Waals surface area (Å²) in [5.41, 5.74) is 5.72. The topological polar surface area (TPSA) is 93.7 Å². The third kappa shape index (κ3) is 6.01. The lowest BCUT2D eigenvalue weighted by atomic mass is 10.1. The van der Waals surface area contributed by atoms with Crippen molar-refractivity contribution in [3.63, 3.8) is 0 Å². The van der Waals surface area contributed by atoms with Crippen LogP contribution in [-0.2, 0) is 19.1 Å². The summed E-state index contributed by atoms with van der Waals surface area (Å²) >= 11 is 5.90. The number of carbonyl (C=O) groups excluding carboxylic acids is 3. The first-order valence-corrected chi connectivity index (χ1v) is 6.78. The lowest BCUT2D eigenvalue weighted by Crippen LogP contribution is -2.42. The average molecular weight is 329 g/mol. The summed E-state index contributed by atoms with van der Waals surface area (Å²) < 4.78 is 10.1. The van der Waals surface area contributed by atoms with E-state index < -0.39 is 24.4 Å². The zero-order chi connectivity index (χ0) is 16.7. The quantitative estimate of drug-likeness (QED) is 0.622. The maximum atomic E-state index is 11.5. The van der Waals surface area contributed by atoms with Crippen molar-refractivity contribution in [2.45, 2.75) is 20.8 Å². The van der Waals surface area contributed by atoms with Crippen LogP contribution in [0, 0.1) is 13.8 Å². The van der Waals surface area contributed by atoms with Gasteiger partial charge in [-0.25, -0.2) is 4.79 Å². The molecule has 1 aromatic carbocycles. The molecule has 1 aromatic rings. The number of hydrogen-bond acceptors (Lipinski definition) is 5. The van der Waals surface area contributed by atoms with Gasteiger partial charge in [-0.2, -0.15) is 0 Å². The van der Waals surface area contributed by atoms with E-state index in [9.17, 15) is 14.4 Å². The van der Waals surface area contributed by atoms with E-state index in [1.807, 2.05) is 0 Å². The van der Waals surface area contributed by atoms with Crippen molar-refractivity contribution in [2.75, 3.05) is 13.2 Å². The predicted octanol–water partition coefficient (Wildman–Crippen LogP) is 1.05. The van der Waals surface area contributed by atoms with Crippen molar-refractivity contribution >= 4 is 29.4 Å². The van der Waals surface area contributed by atoms with Crippen LogP contribution in [0.4, 0.5) is 0 Å². The summed E-state index contributed by atoms with van der Waals surface area (Å²) in [5.74, 6) is -1.24. The molecule has 0 bridgehead atoms. The molecule has 1 rings (SSSR count). The predicted molar refractivity (Wildman–Crippen MR) is 79.3 cm³/mol. The molecule has 0 fully saturated rings. The molecule has 0 aliphatic rings. The van der Waals surface area contributed by atoms with Crippen LogP contribution in [0.1, 0.15) is 18.1 Å². The number of amides is 2. The van der Waals surface area contributed by atoms with Crippen molar-refractivity contribution in [3.05, 3.63) is 28.3 Å². The number of rotatable bonds is 5. The van der Waals surface area contributed by atoms with E-state index in [1.165, 1.54) is 6.92 Å². The second-order valence-electron chi connectivity index (χ2n) is 4.55. The van der Waals surface area contributed by atoms with Crippen LogP contribution >= 0.6 is 11.6 Å². The SMILES string of the molecule is CC(=O)NNC(=O)COC(=O)COc1c(C)cc(Cl)cc1C. The van der Waals surface area contributed by atoms with Gasteiger partial charge in [-0.1, -0.05) is 11.6 Å². The fraction of sp³-hybridized carbons (Fsp3) is 0.357. The monoisotopic (exact) mass is 328 g/mol. The average Bonchev–Trinajstić information content (AvgIpc) is 2.41. The lowest BCUT2D eigenvalue weighted by Gasteiger charge is -2.12. The zero-order valence-electron chi connectivity index (χ0n) is 12.5. The molecule has 0 unspecified atom stereocenters. The number of halogens is 1. The van der Waals surface area contributed by atoms with E-state index in [2.05, 4.69) is 10.9 Å². The Hall–Kier alpha value is -2.28. The summed E-state index contributed by atoms with van der Waals surface area (Å²) in [6.07, 6.45) is 0. The van der Waals surface area contributed by atoms with Crippen molar-refractivity contribution in [1.29, 1.82) is 0 Å². The number of carbonyl (C=O) groups is 3. The molecular formula is C14H17ClN2O5. The Morgan fingerprint density at radius 1 is 1.09 bits per heavy atom. The number of benzene rings is 1. The highest BCUT2D eigenvalue weighted by Crippen LogP contribution is 2.26. The number of hydrogen-bond donors (Lipinski definition) is 2. The van der Waals surface area contributed by atoms with E-state index >= 15 is 0 Å². The summed E-state index contributed by atoms with van der Waals surface area (Å²) in [6.45, 7) is 4.00. The minimum absolute atomic E-state index is 0.337. The zero-order valence-corrected chi connectivity index (χ0v) is 13.2. The largest absolute Gasteiger partial charge is 0.481 e. The molecular weight excluding hydrogens is 312 g/mol. The van der Waals surface area contributed by atoms with Crippen LogP contribution in [0.15, 0.2) is 12.1 Å². The van der Waals surface area contributed by atoms with Gasteiger partial charge in [-0.05, 0) is 37.1 Å². The van der Waals surface area contributed by atoms with Crippen molar-refractivity contribution in [2.24, 2.45) is 0 Å². The Balaban J connectivity index is 2.41. The van der Waals surface area contributed by atoms with Gasteiger partial charge in [0.2, 0.25) is 5.91 Å². The number of ether oxygens (including phenoxy) is 2. The first kappa shape index (κ1) is 17.8. The van der Waals surface area contributed by atoms with Gasteiger partial charge in [-0.3, -0.25) is 20.4 Å². The van der Waals surface area contributed by atoms with Crippen LogP contribution in [0.3, 0.4) is 0 Å². The molecule has 2 N–H and O–H groups in total. The molecule has 0 atom stereocenters. The Morgan fingerprint density at radius 3 is 2.23 bits per heavy atom. The third-order valence-electron chi connectivity index (χ3n) is 2.50. The van der Waals surface area contributed by atoms with Crippen LogP contribution in [-0.4, -0.2) is 31.0 Å². The number of aryl methyl sites for hydroxylation is 2. The maximum Gasteiger partial charge on any atom is 0.344 e. The first-order chi connectivity index (χ1) is 10.3. The second-order valence-corrected chi connectivity index (χ2v) is 4.98. The van der Waals surface area contributed by atoms with Crippen molar-refractivity contribution in [1.82, 2.24) is 10.9 Å². The highest BCUT2D eigenvalue weighted by molar-refractivity contribution is 6.30. The molecule has 0 spiro atoms. The lowest BCUT2D eigenvalue weighted by molar-refractivity contribution is -0.150. The second kappa shape index (κ2) is 8.23. The number of hydrazine groups is 1. The summed E-state index contributed by atoms with van der Waals surface area (Å²) in [5, 5.41) is 0.583. The molecule has 120 valence electrons. The molecule has 0 aliphatic carbocycles. The first-order valence-electron chi connectivity index (χ1n) is 6.40. The fourth-order valence-electron chi connectivity index (χ4n) is 1.64. The summed E-state index contributed by atoms with van der Waals surface area (Å²) in [7, 11) is 0. The number of esters is 1. The van der Waals surface area contributed by atoms with Gasteiger partial charge in [0.1, 0.15) is 5.75 Å². The van der Waals surface area contributed by atoms with Gasteiger partial charge < -0.3 is 9.47 Å². The minimum atomic E-state index is -0.702. The van der Waals surface area contributed by atoms with Crippen LogP contribution in [0.5, 0.6) is 5.75 Å².